The van der Waals surface area contributed by atoms with Crippen LogP contribution in [0, 0.1) is 17.8 Å². The van der Waals surface area contributed by atoms with Crippen molar-refractivity contribution in [3.8, 4) is 0 Å². The fraction of sp³-hybridized carbons (Fsp3) is 0.901. The molecule has 0 spiro atoms. The maximum atomic E-state index is 13.1. The third-order valence-electron chi connectivity index (χ3n) is 19.0. The molecular formula is C81H154O17P2. The van der Waals surface area contributed by atoms with Gasteiger partial charge in [-0.25, -0.2) is 9.13 Å². The smallest absolute Gasteiger partial charge is 0.462 e. The van der Waals surface area contributed by atoms with Crippen LogP contribution >= 0.6 is 15.6 Å². The van der Waals surface area contributed by atoms with Crippen LogP contribution in [0.25, 0.3) is 0 Å². The van der Waals surface area contributed by atoms with E-state index in [0.29, 0.717) is 25.7 Å². The average Bonchev–Trinajstić information content (AvgIpc) is 1.04. The van der Waals surface area contributed by atoms with E-state index in [9.17, 15) is 43.2 Å². The fourth-order valence-electron chi connectivity index (χ4n) is 11.9. The summed E-state index contributed by atoms with van der Waals surface area (Å²) in [4.78, 5) is 73.0. The second-order valence-electron chi connectivity index (χ2n) is 29.4. The summed E-state index contributed by atoms with van der Waals surface area (Å²) in [7, 11) is -9.93. The molecule has 19 heteroatoms. The predicted molar refractivity (Wildman–Crippen MR) is 409 cm³/mol. The maximum Gasteiger partial charge on any atom is 0.472 e. The molecular weight excluding hydrogens is 1310 g/mol. The lowest BCUT2D eigenvalue weighted by Gasteiger charge is -2.21. The van der Waals surface area contributed by atoms with E-state index in [0.717, 1.165) is 127 Å². The molecule has 0 aliphatic rings. The van der Waals surface area contributed by atoms with E-state index in [2.05, 4.69) is 72.8 Å². The first-order valence-electron chi connectivity index (χ1n) is 41.2. The van der Waals surface area contributed by atoms with Crippen LogP contribution in [0.4, 0.5) is 0 Å². The van der Waals surface area contributed by atoms with Gasteiger partial charge < -0.3 is 33.8 Å². The Morgan fingerprint density at radius 1 is 0.330 bits per heavy atom. The van der Waals surface area contributed by atoms with Gasteiger partial charge in [0, 0.05) is 25.7 Å². The van der Waals surface area contributed by atoms with Crippen molar-refractivity contribution in [2.45, 2.75) is 414 Å². The number of phosphoric acid groups is 2. The summed E-state index contributed by atoms with van der Waals surface area (Å²) >= 11 is 0. The highest BCUT2D eigenvalue weighted by Crippen LogP contribution is 2.45. The lowest BCUT2D eigenvalue weighted by molar-refractivity contribution is -0.161. The number of esters is 4. The normalized spacial score (nSPS) is 14.7. The van der Waals surface area contributed by atoms with Gasteiger partial charge >= 0.3 is 39.5 Å². The number of ether oxygens (including phenoxy) is 4. The lowest BCUT2D eigenvalue weighted by atomic mass is 9.99. The summed E-state index contributed by atoms with van der Waals surface area (Å²) in [5, 5.41) is 10.6. The molecule has 0 aromatic carbocycles. The Labute approximate surface area is 612 Å². The Morgan fingerprint density at radius 3 is 0.890 bits per heavy atom. The van der Waals surface area contributed by atoms with Crippen LogP contribution in [0.15, 0.2) is 24.3 Å². The van der Waals surface area contributed by atoms with Crippen LogP contribution in [-0.4, -0.2) is 96.7 Å². The second-order valence-corrected chi connectivity index (χ2v) is 32.3. The molecule has 590 valence electrons. The zero-order chi connectivity index (χ0) is 73.7. The number of rotatable bonds is 77. The van der Waals surface area contributed by atoms with Crippen LogP contribution in [0.2, 0.25) is 0 Å². The molecule has 17 nitrogen and oxygen atoms in total. The summed E-state index contributed by atoms with van der Waals surface area (Å²) in [5.74, 6) is 0.208. The van der Waals surface area contributed by atoms with Gasteiger partial charge in [0.25, 0.3) is 0 Å². The van der Waals surface area contributed by atoms with E-state index in [-0.39, 0.29) is 25.7 Å². The van der Waals surface area contributed by atoms with Gasteiger partial charge in [0.1, 0.15) is 19.3 Å². The van der Waals surface area contributed by atoms with Crippen molar-refractivity contribution in [3.05, 3.63) is 24.3 Å². The van der Waals surface area contributed by atoms with Gasteiger partial charge in [-0.05, 0) is 69.1 Å². The third kappa shape index (κ3) is 71.2. The number of hydrogen-bond acceptors (Lipinski definition) is 15. The van der Waals surface area contributed by atoms with Gasteiger partial charge in [-0.2, -0.15) is 0 Å². The Balaban J connectivity index is 5.25. The molecule has 0 radical (unpaired) electrons. The summed E-state index contributed by atoms with van der Waals surface area (Å²) in [6.07, 6.45) is 61.9. The zero-order valence-corrected chi connectivity index (χ0v) is 66.9. The van der Waals surface area contributed by atoms with E-state index in [1.807, 2.05) is 0 Å². The van der Waals surface area contributed by atoms with Gasteiger partial charge in [-0.3, -0.25) is 37.3 Å². The van der Waals surface area contributed by atoms with Crippen LogP contribution in [0.5, 0.6) is 0 Å². The average molecular weight is 1460 g/mol. The van der Waals surface area contributed by atoms with Crippen molar-refractivity contribution in [1.29, 1.82) is 0 Å². The first-order chi connectivity index (χ1) is 48.3. The molecule has 0 bridgehead atoms. The second kappa shape index (κ2) is 70.8. The molecule has 0 rings (SSSR count). The number of unbranched alkanes of at least 4 members (excludes halogenated alkanes) is 40. The Kier molecular flexibility index (Phi) is 69.1. The van der Waals surface area contributed by atoms with Crippen molar-refractivity contribution in [3.63, 3.8) is 0 Å². The molecule has 0 saturated heterocycles. The van der Waals surface area contributed by atoms with Crippen LogP contribution < -0.4 is 0 Å². The van der Waals surface area contributed by atoms with Crippen LogP contribution in [0.1, 0.15) is 395 Å². The van der Waals surface area contributed by atoms with E-state index in [1.165, 1.54) is 186 Å². The third-order valence-corrected chi connectivity index (χ3v) is 20.9. The summed E-state index contributed by atoms with van der Waals surface area (Å²) < 4.78 is 68.6. The first-order valence-corrected chi connectivity index (χ1v) is 44.2. The molecule has 0 amide bonds. The van der Waals surface area contributed by atoms with Crippen LogP contribution in [0.3, 0.4) is 0 Å². The van der Waals surface area contributed by atoms with E-state index in [4.69, 9.17) is 37.0 Å². The van der Waals surface area contributed by atoms with Crippen molar-refractivity contribution < 1.29 is 80.2 Å². The molecule has 0 aromatic heterocycles. The monoisotopic (exact) mass is 1460 g/mol. The minimum atomic E-state index is -4.97. The number of phosphoric ester groups is 2. The molecule has 4 unspecified atom stereocenters. The molecule has 7 atom stereocenters. The van der Waals surface area contributed by atoms with E-state index in [1.54, 1.807) is 0 Å². The molecule has 0 aliphatic carbocycles. The van der Waals surface area contributed by atoms with Crippen molar-refractivity contribution in [1.82, 2.24) is 0 Å². The fourth-order valence-corrected chi connectivity index (χ4v) is 13.5. The summed E-state index contributed by atoms with van der Waals surface area (Å²) in [6.45, 7) is 11.9. The highest BCUT2D eigenvalue weighted by atomic mass is 31.2. The summed E-state index contributed by atoms with van der Waals surface area (Å²) in [6, 6.07) is 0. The van der Waals surface area contributed by atoms with Gasteiger partial charge in [-0.1, -0.05) is 342 Å². The van der Waals surface area contributed by atoms with Gasteiger partial charge in [0.05, 0.1) is 26.4 Å². The highest BCUT2D eigenvalue weighted by Gasteiger charge is 2.30. The lowest BCUT2D eigenvalue weighted by Crippen LogP contribution is -2.30. The van der Waals surface area contributed by atoms with Gasteiger partial charge in [0.2, 0.25) is 0 Å². The first kappa shape index (κ1) is 97.5. The Bertz CT molecular complexity index is 2040. The van der Waals surface area contributed by atoms with Gasteiger partial charge in [-0.15, -0.1) is 0 Å². The number of aliphatic hydroxyl groups is 1. The minimum Gasteiger partial charge on any atom is -0.462 e. The predicted octanol–water partition coefficient (Wildman–Crippen LogP) is 23.7. The zero-order valence-electron chi connectivity index (χ0n) is 65.2. The van der Waals surface area contributed by atoms with Crippen LogP contribution in [-0.2, 0) is 65.4 Å². The number of hydrogen-bond donors (Lipinski definition) is 3. The number of aliphatic hydroxyl groups excluding tert-OH is 1. The molecule has 0 heterocycles. The van der Waals surface area contributed by atoms with E-state index < -0.39 is 97.5 Å². The minimum absolute atomic E-state index is 0.0852. The standard InChI is InChI=1S/C81H154O17P2/c1-8-11-12-13-14-15-16-17-22-27-30-36-41-50-57-64-80(85)97-76(68-91-78(83)62-55-48-40-35-29-26-24-21-19-18-20-23-25-28-33-38-45-52-59-72(4)5)70-95-99(87,88)93-66-75(82)67-94-100(89,90)96-71-77(69-92-79(84)63-56-49-44-43-47-54-61-74(7)10-3)98-81(86)65-58-51-42-37-32-31-34-39-46-53-60-73(6)9-2/h15-17,22,72-77,82H,8-14,18-21,23-71H2,1-7H3,(H,87,88)(H,89,90)/b16-15-,22-17-/t73?,74?,75-,76-,77-/m1/s1. The molecule has 100 heavy (non-hydrogen) atoms. The van der Waals surface area contributed by atoms with E-state index >= 15 is 0 Å². The van der Waals surface area contributed by atoms with Crippen molar-refractivity contribution in [2.75, 3.05) is 39.6 Å². The Hall–Kier alpha value is -2.46. The topological polar surface area (TPSA) is 237 Å². The number of allylic oxidation sites excluding steroid dienone is 4. The molecule has 0 saturated carbocycles. The maximum absolute atomic E-state index is 13.1. The molecule has 0 aromatic rings. The van der Waals surface area contributed by atoms with Gasteiger partial charge in [0.15, 0.2) is 12.2 Å². The molecule has 0 fully saturated rings. The highest BCUT2D eigenvalue weighted by molar-refractivity contribution is 7.47. The largest absolute Gasteiger partial charge is 0.472 e. The Morgan fingerprint density at radius 2 is 0.590 bits per heavy atom. The molecule has 0 aliphatic heterocycles. The van der Waals surface area contributed by atoms with Crippen molar-refractivity contribution >= 4 is 39.5 Å². The van der Waals surface area contributed by atoms with Crippen molar-refractivity contribution in [2.24, 2.45) is 17.8 Å². The molecule has 3 N–H and O–H groups in total. The number of carbonyl (C=O) groups excluding carboxylic acids is 4. The SMILES string of the molecule is CCCCCC/C=C\C=C/CCCCCCCC(=O)O[C@H](COC(=O)CCCCCCCCCCCCCCCCCCCCC(C)C)COP(=O)(O)OC[C@@H](O)COP(=O)(O)OC[C@@H](COC(=O)CCCCCCCCC(C)CC)OC(=O)CCCCCCCCCCCCC(C)CC. The summed E-state index contributed by atoms with van der Waals surface area (Å²) in [5.41, 5.74) is 0. The number of carbonyl (C=O) groups is 4. The quantitative estimate of drug-likeness (QED) is 0.0169.